The van der Waals surface area contributed by atoms with E-state index in [1.807, 2.05) is 19.3 Å². The van der Waals surface area contributed by atoms with Gasteiger partial charge in [-0.2, -0.15) is 0 Å². The van der Waals surface area contributed by atoms with Crippen molar-refractivity contribution in [3.05, 3.63) is 24.4 Å². The van der Waals surface area contributed by atoms with E-state index in [9.17, 15) is 0 Å². The summed E-state index contributed by atoms with van der Waals surface area (Å²) in [5.74, 6) is 1.98. The summed E-state index contributed by atoms with van der Waals surface area (Å²) in [6, 6.07) is 6.57. The molecule has 1 saturated heterocycles. The number of guanidine groups is 1. The number of halogens is 1. The monoisotopic (exact) mass is 515 g/mol. The molecule has 3 rings (SSSR count). The van der Waals surface area contributed by atoms with Crippen molar-refractivity contribution < 1.29 is 4.74 Å². The van der Waals surface area contributed by atoms with Gasteiger partial charge in [-0.1, -0.05) is 32.3 Å². The highest BCUT2D eigenvalue weighted by atomic mass is 127. The third-order valence-electron chi connectivity index (χ3n) is 5.99. The molecule has 2 N–H and O–H groups in total. The average Bonchev–Trinajstić information content (AvgIpc) is 2.77. The highest BCUT2D eigenvalue weighted by Crippen LogP contribution is 2.31. The summed E-state index contributed by atoms with van der Waals surface area (Å²) in [6.45, 7) is 5.92. The number of nitrogens with one attached hydrogen (secondary N) is 2. The first kappa shape index (κ1) is 24.2. The fraction of sp³-hybridized carbons (Fsp3) is 0.727. The largest absolute Gasteiger partial charge is 0.373 e. The minimum absolute atomic E-state index is 0. The summed E-state index contributed by atoms with van der Waals surface area (Å²) in [5.41, 5.74) is -0.0196. The molecule has 29 heavy (non-hydrogen) atoms. The number of nitrogens with zero attached hydrogens (tertiary/aromatic N) is 3. The lowest BCUT2D eigenvalue weighted by Crippen LogP contribution is -2.53. The molecular formula is C22H38IN5O. The van der Waals surface area contributed by atoms with Crippen molar-refractivity contribution in [2.45, 2.75) is 69.9 Å². The van der Waals surface area contributed by atoms with Crippen LogP contribution in [0.15, 0.2) is 29.4 Å². The molecule has 1 aromatic rings. The molecule has 2 aliphatic rings. The maximum Gasteiger partial charge on any atom is 0.191 e. The van der Waals surface area contributed by atoms with Crippen LogP contribution in [-0.4, -0.2) is 55.9 Å². The smallest absolute Gasteiger partial charge is 0.191 e. The van der Waals surface area contributed by atoms with Crippen molar-refractivity contribution in [1.29, 1.82) is 0 Å². The van der Waals surface area contributed by atoms with Gasteiger partial charge < -0.3 is 20.3 Å². The van der Waals surface area contributed by atoms with Gasteiger partial charge >= 0.3 is 0 Å². The predicted octanol–water partition coefficient (Wildman–Crippen LogP) is 3.96. The van der Waals surface area contributed by atoms with Crippen LogP contribution in [0.3, 0.4) is 0 Å². The Morgan fingerprint density at radius 2 is 2.00 bits per heavy atom. The standard InChI is InChI=1S/C22H37N5O.HI/c1-3-17-28-22(12-6-4-7-13-22)18-25-21(23-2)26-19-10-15-27(16-11-19)20-9-5-8-14-24-20;/h5,8-9,14,19H,3-4,6-7,10-13,15-18H2,1-2H3,(H2,23,25,26);1H. The average molecular weight is 515 g/mol. The van der Waals surface area contributed by atoms with E-state index < -0.39 is 0 Å². The van der Waals surface area contributed by atoms with Crippen LogP contribution in [0.2, 0.25) is 0 Å². The van der Waals surface area contributed by atoms with E-state index in [1.54, 1.807) is 0 Å². The normalized spacial score (nSPS) is 20.1. The summed E-state index contributed by atoms with van der Waals surface area (Å²) < 4.78 is 6.31. The van der Waals surface area contributed by atoms with Crippen molar-refractivity contribution in [1.82, 2.24) is 15.6 Å². The summed E-state index contributed by atoms with van der Waals surface area (Å²) in [7, 11) is 1.86. The van der Waals surface area contributed by atoms with Crippen LogP contribution >= 0.6 is 24.0 Å². The summed E-state index contributed by atoms with van der Waals surface area (Å²) in [5, 5.41) is 7.19. The minimum Gasteiger partial charge on any atom is -0.373 e. The molecule has 0 unspecified atom stereocenters. The lowest BCUT2D eigenvalue weighted by molar-refractivity contribution is -0.0657. The zero-order valence-corrected chi connectivity index (χ0v) is 20.4. The molecule has 2 heterocycles. The highest BCUT2D eigenvalue weighted by Gasteiger charge is 2.33. The first-order valence-corrected chi connectivity index (χ1v) is 11.0. The minimum atomic E-state index is -0.0196. The SMILES string of the molecule is CCCOC1(CNC(=NC)NC2CCN(c3ccccn3)CC2)CCCCC1.I. The van der Waals surface area contributed by atoms with Crippen molar-refractivity contribution in [2.75, 3.05) is 38.2 Å². The third-order valence-corrected chi connectivity index (χ3v) is 5.99. The molecule has 0 aromatic carbocycles. The Bertz CT molecular complexity index is 598. The summed E-state index contributed by atoms with van der Waals surface area (Å²) in [6.07, 6.45) is 11.3. The summed E-state index contributed by atoms with van der Waals surface area (Å²) >= 11 is 0. The highest BCUT2D eigenvalue weighted by molar-refractivity contribution is 14.0. The second-order valence-electron chi connectivity index (χ2n) is 8.11. The molecule has 2 fully saturated rings. The summed E-state index contributed by atoms with van der Waals surface area (Å²) in [4.78, 5) is 11.3. The molecule has 1 aliphatic carbocycles. The van der Waals surface area contributed by atoms with Gasteiger partial charge in [0.2, 0.25) is 0 Å². The Morgan fingerprint density at radius 1 is 1.24 bits per heavy atom. The van der Waals surface area contributed by atoms with Gasteiger partial charge in [-0.3, -0.25) is 4.99 Å². The van der Waals surface area contributed by atoms with Gasteiger partial charge in [0, 0.05) is 45.5 Å². The lowest BCUT2D eigenvalue weighted by atomic mass is 9.84. The molecule has 6 nitrogen and oxygen atoms in total. The first-order chi connectivity index (χ1) is 13.7. The Hall–Kier alpha value is -1.09. The molecule has 164 valence electrons. The molecular weight excluding hydrogens is 477 g/mol. The molecule has 1 saturated carbocycles. The number of aliphatic imine (C=N–C) groups is 1. The molecule has 0 amide bonds. The van der Waals surface area contributed by atoms with Crippen LogP contribution in [0.1, 0.15) is 58.3 Å². The van der Waals surface area contributed by atoms with Gasteiger partial charge in [0.1, 0.15) is 5.82 Å². The van der Waals surface area contributed by atoms with Crippen LogP contribution in [-0.2, 0) is 4.74 Å². The quantitative estimate of drug-likeness (QED) is 0.327. The van der Waals surface area contributed by atoms with E-state index in [2.05, 4.69) is 44.6 Å². The van der Waals surface area contributed by atoms with Crippen LogP contribution in [0.25, 0.3) is 0 Å². The first-order valence-electron chi connectivity index (χ1n) is 11.0. The van der Waals surface area contributed by atoms with Crippen LogP contribution in [0.5, 0.6) is 0 Å². The van der Waals surface area contributed by atoms with Gasteiger partial charge in [-0.15, -0.1) is 24.0 Å². The number of anilines is 1. The van der Waals surface area contributed by atoms with E-state index in [4.69, 9.17) is 4.74 Å². The number of rotatable bonds is 7. The van der Waals surface area contributed by atoms with E-state index in [-0.39, 0.29) is 29.6 Å². The Labute approximate surface area is 193 Å². The van der Waals surface area contributed by atoms with Crippen molar-refractivity contribution in [2.24, 2.45) is 4.99 Å². The number of hydrogen-bond acceptors (Lipinski definition) is 4. The fourth-order valence-electron chi connectivity index (χ4n) is 4.31. The number of piperidine rings is 1. The third kappa shape index (κ3) is 7.27. The second kappa shape index (κ2) is 12.6. The number of pyridine rings is 1. The molecule has 1 aliphatic heterocycles. The number of hydrogen-bond donors (Lipinski definition) is 2. The Balaban J connectivity index is 0.00000300. The topological polar surface area (TPSA) is 61.8 Å². The van der Waals surface area contributed by atoms with Crippen molar-refractivity contribution in [3.63, 3.8) is 0 Å². The molecule has 0 spiro atoms. The zero-order valence-electron chi connectivity index (χ0n) is 18.0. The maximum atomic E-state index is 6.31. The van der Waals surface area contributed by atoms with E-state index >= 15 is 0 Å². The van der Waals surface area contributed by atoms with Gasteiger partial charge in [0.25, 0.3) is 0 Å². The number of aromatic nitrogens is 1. The predicted molar refractivity (Wildman–Crippen MR) is 131 cm³/mol. The molecule has 0 bridgehead atoms. The van der Waals surface area contributed by atoms with E-state index in [0.717, 1.165) is 70.1 Å². The molecule has 0 radical (unpaired) electrons. The second-order valence-corrected chi connectivity index (χ2v) is 8.11. The van der Waals surface area contributed by atoms with Crippen LogP contribution in [0, 0.1) is 0 Å². The number of ether oxygens (including phenoxy) is 1. The van der Waals surface area contributed by atoms with Crippen LogP contribution < -0.4 is 15.5 Å². The lowest BCUT2D eigenvalue weighted by Gasteiger charge is -2.38. The zero-order chi connectivity index (χ0) is 19.7. The van der Waals surface area contributed by atoms with E-state index in [1.165, 1.54) is 19.3 Å². The molecule has 0 atom stereocenters. The van der Waals surface area contributed by atoms with Gasteiger partial charge in [-0.05, 0) is 44.2 Å². The Morgan fingerprint density at radius 3 is 2.62 bits per heavy atom. The van der Waals surface area contributed by atoms with Gasteiger partial charge in [-0.25, -0.2) is 4.98 Å². The van der Waals surface area contributed by atoms with Gasteiger partial charge in [0.15, 0.2) is 5.96 Å². The Kier molecular flexibility index (Phi) is 10.5. The van der Waals surface area contributed by atoms with Crippen LogP contribution in [0.4, 0.5) is 5.82 Å². The van der Waals surface area contributed by atoms with Gasteiger partial charge in [0.05, 0.1) is 5.60 Å². The van der Waals surface area contributed by atoms with E-state index in [0.29, 0.717) is 6.04 Å². The molecule has 1 aromatic heterocycles. The fourth-order valence-corrected chi connectivity index (χ4v) is 4.31. The van der Waals surface area contributed by atoms with Crippen molar-refractivity contribution in [3.8, 4) is 0 Å². The maximum absolute atomic E-state index is 6.31. The van der Waals surface area contributed by atoms with Crippen molar-refractivity contribution >= 4 is 35.8 Å². The molecule has 7 heteroatoms.